The fourth-order valence-electron chi connectivity index (χ4n) is 1.32. The number of aromatic nitrogens is 1. The molecule has 3 nitrogen and oxygen atoms in total. The molecular formula is C12H10NO2. The summed E-state index contributed by atoms with van der Waals surface area (Å²) in [5.41, 5.74) is 0.894. The minimum atomic E-state index is 0.272. The minimum Gasteiger partial charge on any atom is -0.477 e. The van der Waals surface area contributed by atoms with Crippen LogP contribution < -0.4 is 4.74 Å². The van der Waals surface area contributed by atoms with E-state index in [1.165, 1.54) is 0 Å². The highest BCUT2D eigenvalue weighted by Crippen LogP contribution is 2.15. The second kappa shape index (κ2) is 4.55. The van der Waals surface area contributed by atoms with Gasteiger partial charge < -0.3 is 4.74 Å². The summed E-state index contributed by atoms with van der Waals surface area (Å²) < 4.78 is 5.28. The van der Waals surface area contributed by atoms with E-state index in [1.54, 1.807) is 12.4 Å². The number of benzene rings is 1. The maximum Gasteiger partial charge on any atom is 0.213 e. The summed E-state index contributed by atoms with van der Waals surface area (Å²) >= 11 is 0. The molecule has 0 saturated carbocycles. The molecule has 0 amide bonds. The average Bonchev–Trinajstić information content (AvgIpc) is 2.29. The summed E-state index contributed by atoms with van der Waals surface area (Å²) in [4.78, 5) is 14.3. The topological polar surface area (TPSA) is 39.2 Å². The van der Waals surface area contributed by atoms with Crippen molar-refractivity contribution in [2.45, 2.75) is 6.42 Å². The minimum absolute atomic E-state index is 0.272. The zero-order valence-corrected chi connectivity index (χ0v) is 8.14. The van der Waals surface area contributed by atoms with Gasteiger partial charge in [0.25, 0.3) is 0 Å². The van der Waals surface area contributed by atoms with Gasteiger partial charge in [-0.15, -0.1) is 0 Å². The summed E-state index contributed by atoms with van der Waals surface area (Å²) in [7, 11) is 0. The number of carbonyl (C=O) groups excluding carboxylic acids is 1. The third-order valence-electron chi connectivity index (χ3n) is 2.03. The maximum atomic E-state index is 9.98. The van der Waals surface area contributed by atoms with Gasteiger partial charge in [-0.3, -0.25) is 4.79 Å². The molecule has 0 aliphatic carbocycles. The lowest BCUT2D eigenvalue weighted by atomic mass is 10.2. The molecule has 0 saturated heterocycles. The van der Waals surface area contributed by atoms with Gasteiger partial charge in [0.15, 0.2) is 0 Å². The summed E-state index contributed by atoms with van der Waals surface area (Å²) in [6.45, 7) is 0.328. The molecule has 0 aliphatic rings. The number of nitrogens with zero attached hydrogens (tertiary/aromatic N) is 1. The molecule has 2 aromatic rings. The molecule has 0 aliphatic heterocycles. The van der Waals surface area contributed by atoms with Crippen molar-refractivity contribution in [3.8, 4) is 5.88 Å². The predicted octanol–water partition coefficient (Wildman–Crippen LogP) is 2.11. The molecule has 1 aromatic heterocycles. The summed E-state index contributed by atoms with van der Waals surface area (Å²) in [6, 6.07) is 11.6. The molecular weight excluding hydrogens is 190 g/mol. The highest BCUT2D eigenvalue weighted by Gasteiger charge is 1.97. The van der Waals surface area contributed by atoms with Gasteiger partial charge in [0.1, 0.15) is 0 Å². The molecule has 15 heavy (non-hydrogen) atoms. The van der Waals surface area contributed by atoms with Crippen molar-refractivity contribution in [1.29, 1.82) is 0 Å². The van der Waals surface area contributed by atoms with E-state index in [0.29, 0.717) is 12.5 Å². The van der Waals surface area contributed by atoms with E-state index in [4.69, 9.17) is 4.74 Å². The van der Waals surface area contributed by atoms with Crippen LogP contribution in [0.2, 0.25) is 0 Å². The maximum absolute atomic E-state index is 9.98. The second-order valence-corrected chi connectivity index (χ2v) is 3.08. The van der Waals surface area contributed by atoms with Crippen LogP contribution in [0, 0.1) is 0 Å². The zero-order chi connectivity index (χ0) is 10.5. The largest absolute Gasteiger partial charge is 0.477 e. The number of ether oxygens (including phenoxy) is 1. The smallest absolute Gasteiger partial charge is 0.213 e. The van der Waals surface area contributed by atoms with E-state index in [1.807, 2.05) is 30.3 Å². The van der Waals surface area contributed by atoms with Gasteiger partial charge in [-0.05, 0) is 12.1 Å². The SMILES string of the molecule is O=[C]CCOc1ccc2ccccc2n1. The number of para-hydroxylation sites is 1. The fraction of sp³-hybridized carbons (Fsp3) is 0.167. The van der Waals surface area contributed by atoms with Crippen LogP contribution in [0.4, 0.5) is 0 Å². The zero-order valence-electron chi connectivity index (χ0n) is 8.14. The number of fused-ring (bicyclic) bond motifs is 1. The predicted molar refractivity (Wildman–Crippen MR) is 57.5 cm³/mol. The summed E-state index contributed by atoms with van der Waals surface area (Å²) in [6.07, 6.45) is 2.04. The molecule has 0 fully saturated rings. The number of rotatable bonds is 4. The van der Waals surface area contributed by atoms with E-state index in [2.05, 4.69) is 4.98 Å². The molecule has 1 heterocycles. The second-order valence-electron chi connectivity index (χ2n) is 3.08. The number of hydrogen-bond acceptors (Lipinski definition) is 3. The Labute approximate surface area is 87.7 Å². The van der Waals surface area contributed by atoms with Crippen molar-refractivity contribution < 1.29 is 9.53 Å². The summed E-state index contributed by atoms with van der Waals surface area (Å²) in [5, 5.41) is 1.08. The Morgan fingerprint density at radius 1 is 1.20 bits per heavy atom. The fourth-order valence-corrected chi connectivity index (χ4v) is 1.32. The molecule has 3 heteroatoms. The Morgan fingerprint density at radius 2 is 2.07 bits per heavy atom. The Hall–Kier alpha value is -1.90. The number of pyridine rings is 1. The van der Waals surface area contributed by atoms with E-state index < -0.39 is 0 Å². The van der Waals surface area contributed by atoms with Crippen molar-refractivity contribution in [3.63, 3.8) is 0 Å². The quantitative estimate of drug-likeness (QED) is 0.709. The first-order valence-electron chi connectivity index (χ1n) is 4.74. The lowest BCUT2D eigenvalue weighted by Gasteiger charge is -2.03. The van der Waals surface area contributed by atoms with Crippen LogP contribution >= 0.6 is 0 Å². The van der Waals surface area contributed by atoms with Crippen LogP contribution in [0.5, 0.6) is 5.88 Å². The first-order valence-corrected chi connectivity index (χ1v) is 4.74. The first kappa shape index (κ1) is 9.65. The van der Waals surface area contributed by atoms with Gasteiger partial charge in [-0.2, -0.15) is 0 Å². The Balaban J connectivity index is 2.19. The Kier molecular flexibility index (Phi) is 2.93. The van der Waals surface area contributed by atoms with E-state index in [0.717, 1.165) is 10.9 Å². The van der Waals surface area contributed by atoms with Gasteiger partial charge in [0, 0.05) is 17.9 Å². The first-order chi connectivity index (χ1) is 7.40. The Bertz CT molecular complexity index is 468. The normalized spacial score (nSPS) is 10.1. The van der Waals surface area contributed by atoms with E-state index >= 15 is 0 Å². The molecule has 1 aromatic carbocycles. The highest BCUT2D eigenvalue weighted by atomic mass is 16.5. The average molecular weight is 200 g/mol. The molecule has 0 atom stereocenters. The van der Waals surface area contributed by atoms with E-state index in [-0.39, 0.29) is 6.42 Å². The van der Waals surface area contributed by atoms with Crippen LogP contribution in [-0.4, -0.2) is 17.9 Å². The third-order valence-corrected chi connectivity index (χ3v) is 2.03. The molecule has 0 N–H and O–H groups in total. The van der Waals surface area contributed by atoms with Crippen molar-refractivity contribution in [2.24, 2.45) is 0 Å². The van der Waals surface area contributed by atoms with Crippen molar-refractivity contribution in [2.75, 3.05) is 6.61 Å². The number of hydrogen-bond donors (Lipinski definition) is 0. The summed E-state index contributed by atoms with van der Waals surface area (Å²) in [5.74, 6) is 0.545. The van der Waals surface area contributed by atoms with Crippen LogP contribution in [0.25, 0.3) is 10.9 Å². The standard InChI is InChI=1S/C12H10NO2/c14-8-3-9-15-12-7-6-10-4-1-2-5-11(10)13-12/h1-2,4-7H,3,9H2. The molecule has 0 spiro atoms. The monoisotopic (exact) mass is 200 g/mol. The van der Waals surface area contributed by atoms with Gasteiger partial charge >= 0.3 is 0 Å². The van der Waals surface area contributed by atoms with Gasteiger partial charge in [0.2, 0.25) is 12.2 Å². The van der Waals surface area contributed by atoms with Crippen LogP contribution in [0.15, 0.2) is 36.4 Å². The van der Waals surface area contributed by atoms with Gasteiger partial charge in [-0.25, -0.2) is 4.98 Å². The van der Waals surface area contributed by atoms with Crippen LogP contribution in [-0.2, 0) is 4.79 Å². The van der Waals surface area contributed by atoms with Crippen molar-refractivity contribution >= 4 is 17.2 Å². The van der Waals surface area contributed by atoms with Crippen molar-refractivity contribution in [3.05, 3.63) is 36.4 Å². The van der Waals surface area contributed by atoms with Crippen molar-refractivity contribution in [1.82, 2.24) is 4.98 Å². The molecule has 75 valence electrons. The lowest BCUT2D eigenvalue weighted by Crippen LogP contribution is -1.99. The molecule has 2 rings (SSSR count). The Morgan fingerprint density at radius 3 is 2.93 bits per heavy atom. The van der Waals surface area contributed by atoms with Crippen LogP contribution in [0.3, 0.4) is 0 Å². The van der Waals surface area contributed by atoms with E-state index in [9.17, 15) is 4.79 Å². The highest BCUT2D eigenvalue weighted by molar-refractivity contribution is 5.78. The van der Waals surface area contributed by atoms with Gasteiger partial charge in [-0.1, -0.05) is 18.2 Å². The third kappa shape index (κ3) is 2.31. The molecule has 1 radical (unpaired) electrons. The van der Waals surface area contributed by atoms with Gasteiger partial charge in [0.05, 0.1) is 12.1 Å². The van der Waals surface area contributed by atoms with Crippen LogP contribution in [0.1, 0.15) is 6.42 Å². The molecule has 0 bridgehead atoms. The molecule has 0 unspecified atom stereocenters. The lowest BCUT2D eigenvalue weighted by molar-refractivity contribution is 0.315.